The molecule has 0 bridgehead atoms. The van der Waals surface area contributed by atoms with Crippen molar-refractivity contribution in [2.24, 2.45) is 0 Å². The summed E-state index contributed by atoms with van der Waals surface area (Å²) >= 11 is 0. The number of hydrogen-bond donors (Lipinski definition) is 2. The van der Waals surface area contributed by atoms with Crippen LogP contribution in [0.4, 0.5) is 13.2 Å². The minimum Gasteiger partial charge on any atom is -0.302 e. The van der Waals surface area contributed by atoms with Crippen molar-refractivity contribution in [2.75, 3.05) is 6.54 Å². The summed E-state index contributed by atoms with van der Waals surface area (Å²) in [5.74, 6) is 0.326. The summed E-state index contributed by atoms with van der Waals surface area (Å²) in [6.45, 7) is 1.89. The van der Waals surface area contributed by atoms with Gasteiger partial charge in [0.1, 0.15) is 0 Å². The van der Waals surface area contributed by atoms with Crippen LogP contribution in [0.15, 0.2) is 0 Å². The van der Waals surface area contributed by atoms with Gasteiger partial charge in [0.25, 0.3) is 0 Å². The van der Waals surface area contributed by atoms with Crippen LogP contribution in [0.25, 0.3) is 0 Å². The standard InChI is InChI=1S/C6H11F3N2/c1-5(10)11-4-2-3-6(7,8)9/h2-4H2,1H3,(H2,10,11)/p+1. The van der Waals surface area contributed by atoms with Gasteiger partial charge in [0.05, 0.1) is 6.54 Å². The molecule has 0 aromatic carbocycles. The lowest BCUT2D eigenvalue weighted by atomic mass is 10.3. The first kappa shape index (κ1) is 10.4. The molecule has 0 radical (unpaired) electrons. The van der Waals surface area contributed by atoms with Crippen LogP contribution < -0.4 is 5.32 Å². The summed E-state index contributed by atoms with van der Waals surface area (Å²) in [5, 5.41) is 8.38. The van der Waals surface area contributed by atoms with Crippen LogP contribution in [0, 0.1) is 5.41 Å². The van der Waals surface area contributed by atoms with Gasteiger partial charge in [-0.05, 0) is 0 Å². The lowest BCUT2D eigenvalue weighted by molar-refractivity contribution is -0.543. The van der Waals surface area contributed by atoms with E-state index in [0.717, 1.165) is 0 Å². The number of hydrogen-bond acceptors (Lipinski definition) is 1. The van der Waals surface area contributed by atoms with Crippen molar-refractivity contribution < 1.29 is 18.5 Å². The summed E-state index contributed by atoms with van der Waals surface area (Å²) in [6, 6.07) is 0. The Morgan fingerprint density at radius 2 is 2.00 bits per heavy atom. The van der Waals surface area contributed by atoms with Gasteiger partial charge in [-0.25, -0.2) is 0 Å². The van der Waals surface area contributed by atoms with E-state index in [1.807, 2.05) is 0 Å². The van der Waals surface area contributed by atoms with Crippen molar-refractivity contribution in [3.05, 3.63) is 0 Å². The van der Waals surface area contributed by atoms with Crippen molar-refractivity contribution in [1.82, 2.24) is 0 Å². The highest BCUT2D eigenvalue weighted by molar-refractivity contribution is 5.65. The zero-order valence-corrected chi connectivity index (χ0v) is 6.33. The monoisotopic (exact) mass is 169 g/mol. The summed E-state index contributed by atoms with van der Waals surface area (Å²) < 4.78 is 34.5. The Kier molecular flexibility index (Phi) is 4.10. The van der Waals surface area contributed by atoms with E-state index in [2.05, 4.69) is 0 Å². The molecule has 0 aromatic rings. The molecule has 66 valence electrons. The molecule has 0 saturated heterocycles. The van der Waals surface area contributed by atoms with Gasteiger partial charge in [-0.3, -0.25) is 5.41 Å². The molecule has 0 atom stereocenters. The molecule has 5 heteroatoms. The zero-order chi connectivity index (χ0) is 8.91. The summed E-state index contributed by atoms with van der Waals surface area (Å²) in [6.07, 6.45) is -4.72. The first-order chi connectivity index (χ1) is 4.92. The SMILES string of the molecule is CC(=N)[NH2+]CCCC(F)(F)F. The fraction of sp³-hybridized carbons (Fsp3) is 0.833. The Morgan fingerprint density at radius 3 is 2.36 bits per heavy atom. The largest absolute Gasteiger partial charge is 0.389 e. The molecule has 0 aliphatic carbocycles. The number of alkyl halides is 3. The van der Waals surface area contributed by atoms with E-state index in [1.54, 1.807) is 6.92 Å². The predicted octanol–water partition coefficient (Wildman–Crippen LogP) is 0.889. The Bertz CT molecular complexity index is 130. The molecule has 0 heterocycles. The lowest BCUT2D eigenvalue weighted by Crippen LogP contribution is -2.87. The number of halogens is 3. The first-order valence-electron chi connectivity index (χ1n) is 3.37. The van der Waals surface area contributed by atoms with Gasteiger partial charge in [-0.1, -0.05) is 0 Å². The molecule has 0 rings (SSSR count). The van der Waals surface area contributed by atoms with Gasteiger partial charge in [-0.15, -0.1) is 0 Å². The van der Waals surface area contributed by atoms with Crippen molar-refractivity contribution in [3.8, 4) is 0 Å². The third-order valence-corrected chi connectivity index (χ3v) is 1.11. The number of amidine groups is 1. The second kappa shape index (κ2) is 4.33. The fourth-order valence-electron chi connectivity index (χ4n) is 0.621. The van der Waals surface area contributed by atoms with Gasteiger partial charge < -0.3 is 5.32 Å². The van der Waals surface area contributed by atoms with Gasteiger partial charge in [-0.2, -0.15) is 13.2 Å². The summed E-state index contributed by atoms with van der Waals surface area (Å²) in [4.78, 5) is 0. The number of rotatable bonds is 3. The van der Waals surface area contributed by atoms with Crippen LogP contribution in [0.1, 0.15) is 19.8 Å². The normalized spacial score (nSPS) is 11.6. The van der Waals surface area contributed by atoms with Gasteiger partial charge in [0.2, 0.25) is 0 Å². The Balaban J connectivity index is 3.22. The highest BCUT2D eigenvalue weighted by Crippen LogP contribution is 2.20. The minimum absolute atomic E-state index is 0.0831. The topological polar surface area (TPSA) is 40.5 Å². The molecule has 0 aliphatic heterocycles. The molecule has 0 aliphatic rings. The lowest BCUT2D eigenvalue weighted by Gasteiger charge is -2.03. The van der Waals surface area contributed by atoms with E-state index in [4.69, 9.17) is 5.41 Å². The second-order valence-electron chi connectivity index (χ2n) is 2.39. The van der Waals surface area contributed by atoms with Gasteiger partial charge in [0, 0.05) is 19.8 Å². The third kappa shape index (κ3) is 9.42. The molecule has 0 aromatic heterocycles. The quantitative estimate of drug-likeness (QED) is 0.358. The maximum atomic E-state index is 11.5. The second-order valence-corrected chi connectivity index (χ2v) is 2.39. The molecule has 3 N–H and O–H groups in total. The van der Waals surface area contributed by atoms with Crippen molar-refractivity contribution >= 4 is 5.84 Å². The molecular formula is C6H12F3N2+. The summed E-state index contributed by atoms with van der Waals surface area (Å²) in [5.41, 5.74) is 0. The molecular weight excluding hydrogens is 157 g/mol. The smallest absolute Gasteiger partial charge is 0.302 e. The van der Waals surface area contributed by atoms with Crippen LogP contribution >= 0.6 is 0 Å². The highest BCUT2D eigenvalue weighted by Gasteiger charge is 2.26. The summed E-state index contributed by atoms with van der Waals surface area (Å²) in [7, 11) is 0. The molecule has 0 saturated carbocycles. The van der Waals surface area contributed by atoms with Crippen LogP contribution in [0.2, 0.25) is 0 Å². The Labute approximate surface area is 63.3 Å². The van der Waals surface area contributed by atoms with E-state index < -0.39 is 12.6 Å². The minimum atomic E-state index is -4.05. The Hall–Kier alpha value is -0.580. The third-order valence-electron chi connectivity index (χ3n) is 1.11. The van der Waals surface area contributed by atoms with E-state index in [1.165, 1.54) is 5.32 Å². The van der Waals surface area contributed by atoms with Crippen LogP contribution in [0.3, 0.4) is 0 Å². The first-order valence-corrected chi connectivity index (χ1v) is 3.37. The van der Waals surface area contributed by atoms with Crippen molar-refractivity contribution in [2.45, 2.75) is 25.9 Å². The molecule has 11 heavy (non-hydrogen) atoms. The predicted molar refractivity (Wildman–Crippen MR) is 35.5 cm³/mol. The van der Waals surface area contributed by atoms with Crippen LogP contribution in [-0.4, -0.2) is 18.6 Å². The number of nitrogens with one attached hydrogen (secondary N) is 1. The molecule has 0 fully saturated rings. The van der Waals surface area contributed by atoms with E-state index >= 15 is 0 Å². The fourth-order valence-corrected chi connectivity index (χ4v) is 0.621. The van der Waals surface area contributed by atoms with Crippen LogP contribution in [0.5, 0.6) is 0 Å². The zero-order valence-electron chi connectivity index (χ0n) is 6.33. The number of nitrogens with two attached hydrogens (primary N) is 1. The average molecular weight is 169 g/mol. The van der Waals surface area contributed by atoms with Crippen molar-refractivity contribution in [3.63, 3.8) is 0 Å². The van der Waals surface area contributed by atoms with Crippen LogP contribution in [-0.2, 0) is 0 Å². The average Bonchev–Trinajstić information content (AvgIpc) is 1.78. The van der Waals surface area contributed by atoms with E-state index in [0.29, 0.717) is 12.4 Å². The maximum absolute atomic E-state index is 11.5. The number of quaternary nitrogens is 1. The van der Waals surface area contributed by atoms with Crippen molar-refractivity contribution in [1.29, 1.82) is 5.41 Å². The Morgan fingerprint density at radius 1 is 1.45 bits per heavy atom. The van der Waals surface area contributed by atoms with E-state index in [9.17, 15) is 13.2 Å². The molecule has 0 amide bonds. The molecule has 0 unspecified atom stereocenters. The molecule has 0 spiro atoms. The van der Waals surface area contributed by atoms with Gasteiger partial charge in [0.15, 0.2) is 5.84 Å². The van der Waals surface area contributed by atoms with Gasteiger partial charge >= 0.3 is 6.18 Å². The maximum Gasteiger partial charge on any atom is 0.389 e. The molecule has 2 nitrogen and oxygen atoms in total. The van der Waals surface area contributed by atoms with E-state index in [-0.39, 0.29) is 6.42 Å². The highest BCUT2D eigenvalue weighted by atomic mass is 19.4.